The smallest absolute Gasteiger partial charge is 0.243 e. The molecule has 1 saturated heterocycles. The number of ether oxygens (including phenoxy) is 1. The van der Waals surface area contributed by atoms with Gasteiger partial charge in [-0.05, 0) is 37.5 Å². The van der Waals surface area contributed by atoms with Gasteiger partial charge in [0, 0.05) is 32.4 Å². The summed E-state index contributed by atoms with van der Waals surface area (Å²) in [5.74, 6) is -0.262. The van der Waals surface area contributed by atoms with Crippen molar-refractivity contribution in [2.24, 2.45) is 5.73 Å². The largest absolute Gasteiger partial charge is 0.380 e. The summed E-state index contributed by atoms with van der Waals surface area (Å²) >= 11 is 0. The Morgan fingerprint density at radius 3 is 2.60 bits per heavy atom. The molecule has 0 radical (unpaired) electrons. The summed E-state index contributed by atoms with van der Waals surface area (Å²) in [7, 11) is -2.05. The lowest BCUT2D eigenvalue weighted by Gasteiger charge is -2.26. The van der Waals surface area contributed by atoms with Crippen LogP contribution in [-0.2, 0) is 19.6 Å². The number of methoxy groups -OCH3 is 1. The minimum Gasteiger partial charge on any atom is -0.380 e. The highest BCUT2D eigenvalue weighted by molar-refractivity contribution is 7.89. The molecule has 0 saturated carbocycles. The van der Waals surface area contributed by atoms with E-state index in [-0.39, 0.29) is 29.9 Å². The van der Waals surface area contributed by atoms with Crippen molar-refractivity contribution in [3.05, 3.63) is 23.8 Å². The average Bonchev–Trinajstić information content (AvgIpc) is 2.62. The minimum atomic E-state index is -3.55. The number of carbonyl (C=O) groups is 1. The monoisotopic (exact) mass is 369 g/mol. The van der Waals surface area contributed by atoms with Gasteiger partial charge in [-0.3, -0.25) is 4.79 Å². The molecule has 0 bridgehead atoms. The Bertz CT molecular complexity index is 696. The van der Waals surface area contributed by atoms with Crippen LogP contribution in [-0.4, -0.2) is 51.5 Å². The molecular formula is C17H27N3O4S. The maximum atomic E-state index is 12.9. The zero-order valence-electron chi connectivity index (χ0n) is 14.8. The molecule has 8 heteroatoms. The van der Waals surface area contributed by atoms with Gasteiger partial charge in [-0.2, -0.15) is 4.31 Å². The molecule has 1 atom stereocenters. The van der Waals surface area contributed by atoms with Crippen LogP contribution in [0.3, 0.4) is 0 Å². The van der Waals surface area contributed by atoms with Gasteiger partial charge < -0.3 is 15.8 Å². The molecule has 1 amide bonds. The Morgan fingerprint density at radius 1 is 1.32 bits per heavy atom. The van der Waals surface area contributed by atoms with Crippen LogP contribution in [0.15, 0.2) is 23.1 Å². The molecule has 1 aromatic rings. The Kier molecular flexibility index (Phi) is 6.95. The zero-order chi connectivity index (χ0) is 18.4. The number of amides is 1. The number of nitrogens with two attached hydrogens (primary N) is 1. The fraction of sp³-hybridized carbons (Fsp3) is 0.588. The molecule has 0 aromatic heterocycles. The van der Waals surface area contributed by atoms with E-state index in [4.69, 9.17) is 10.5 Å². The van der Waals surface area contributed by atoms with Gasteiger partial charge in [0.15, 0.2) is 0 Å². The Morgan fingerprint density at radius 2 is 2.00 bits per heavy atom. The number of nitrogens with one attached hydrogen (secondary N) is 1. The van der Waals surface area contributed by atoms with Gasteiger partial charge in [-0.15, -0.1) is 0 Å². The number of anilines is 1. The number of hydrogen-bond donors (Lipinski definition) is 2. The van der Waals surface area contributed by atoms with Crippen molar-refractivity contribution in [2.75, 3.05) is 32.1 Å². The van der Waals surface area contributed by atoms with Crippen LogP contribution in [0.25, 0.3) is 0 Å². The first-order chi connectivity index (χ1) is 11.9. The Hall–Kier alpha value is -1.48. The summed E-state index contributed by atoms with van der Waals surface area (Å²) in [5.41, 5.74) is 6.64. The van der Waals surface area contributed by atoms with E-state index >= 15 is 0 Å². The van der Waals surface area contributed by atoms with Crippen molar-refractivity contribution in [1.29, 1.82) is 0 Å². The second-order valence-electron chi connectivity index (χ2n) is 6.29. The molecule has 1 unspecified atom stereocenters. The van der Waals surface area contributed by atoms with Gasteiger partial charge in [0.1, 0.15) is 0 Å². The molecule has 1 aromatic carbocycles. The minimum absolute atomic E-state index is 0.120. The first-order valence-electron chi connectivity index (χ1n) is 8.52. The predicted octanol–water partition coefficient (Wildman–Crippen LogP) is 1.47. The van der Waals surface area contributed by atoms with Crippen LogP contribution in [0, 0.1) is 6.92 Å². The van der Waals surface area contributed by atoms with Gasteiger partial charge >= 0.3 is 0 Å². The third-order valence-corrected chi connectivity index (χ3v) is 6.45. The summed E-state index contributed by atoms with van der Waals surface area (Å²) in [5, 5.41) is 2.73. The first-order valence-corrected chi connectivity index (χ1v) is 9.96. The highest BCUT2D eigenvalue weighted by Gasteiger charge is 2.27. The molecule has 1 aliphatic heterocycles. The quantitative estimate of drug-likeness (QED) is 0.758. The number of benzene rings is 1. The summed E-state index contributed by atoms with van der Waals surface area (Å²) in [6, 6.07) is 4.94. The highest BCUT2D eigenvalue weighted by atomic mass is 32.2. The lowest BCUT2D eigenvalue weighted by atomic mass is 10.2. The second kappa shape index (κ2) is 8.75. The van der Waals surface area contributed by atoms with E-state index in [9.17, 15) is 13.2 Å². The summed E-state index contributed by atoms with van der Waals surface area (Å²) in [6.45, 7) is 3.10. The Balaban J connectivity index is 2.18. The van der Waals surface area contributed by atoms with Crippen molar-refractivity contribution in [3.8, 4) is 0 Å². The first kappa shape index (κ1) is 19.8. The molecule has 2 rings (SSSR count). The fourth-order valence-electron chi connectivity index (χ4n) is 2.88. The van der Waals surface area contributed by atoms with Gasteiger partial charge in [0.25, 0.3) is 0 Å². The number of sulfonamides is 1. The van der Waals surface area contributed by atoms with Crippen molar-refractivity contribution < 1.29 is 17.9 Å². The number of hydrogen-bond acceptors (Lipinski definition) is 5. The molecule has 1 fully saturated rings. The molecule has 1 aliphatic rings. The zero-order valence-corrected chi connectivity index (χ0v) is 15.6. The summed E-state index contributed by atoms with van der Waals surface area (Å²) in [4.78, 5) is 12.3. The van der Waals surface area contributed by atoms with Crippen LogP contribution in [0.4, 0.5) is 5.69 Å². The predicted molar refractivity (Wildman–Crippen MR) is 96.9 cm³/mol. The van der Waals surface area contributed by atoms with E-state index < -0.39 is 10.0 Å². The Labute approximate surface area is 149 Å². The molecule has 7 nitrogen and oxygen atoms in total. The maximum Gasteiger partial charge on any atom is 0.243 e. The van der Waals surface area contributed by atoms with Crippen LogP contribution in [0.5, 0.6) is 0 Å². The van der Waals surface area contributed by atoms with Gasteiger partial charge in [-0.25, -0.2) is 8.42 Å². The topological polar surface area (TPSA) is 102 Å². The van der Waals surface area contributed by atoms with Crippen LogP contribution >= 0.6 is 0 Å². The third kappa shape index (κ3) is 5.01. The SMILES string of the molecule is COC(CN)CC(=O)Nc1ccc(C)c(S(=O)(=O)N2CCCCC2)c1. The normalized spacial score (nSPS) is 17.2. The molecule has 0 aliphatic carbocycles. The van der Waals surface area contributed by atoms with Crippen LogP contribution in [0.1, 0.15) is 31.2 Å². The molecule has 3 N–H and O–H groups in total. The molecule has 140 valence electrons. The van der Waals surface area contributed by atoms with E-state index in [1.807, 2.05) is 0 Å². The third-order valence-electron chi connectivity index (χ3n) is 4.41. The van der Waals surface area contributed by atoms with Gasteiger partial charge in [0.05, 0.1) is 17.4 Å². The van der Waals surface area contributed by atoms with Crippen molar-refractivity contribution in [2.45, 2.75) is 43.6 Å². The average molecular weight is 369 g/mol. The van der Waals surface area contributed by atoms with Gasteiger partial charge in [0.2, 0.25) is 15.9 Å². The number of nitrogens with zero attached hydrogens (tertiary/aromatic N) is 1. The van der Waals surface area contributed by atoms with E-state index in [1.54, 1.807) is 19.1 Å². The lowest BCUT2D eigenvalue weighted by Crippen LogP contribution is -2.36. The van der Waals surface area contributed by atoms with Crippen molar-refractivity contribution in [1.82, 2.24) is 4.31 Å². The van der Waals surface area contributed by atoms with E-state index in [2.05, 4.69) is 5.32 Å². The number of rotatable bonds is 7. The lowest BCUT2D eigenvalue weighted by molar-refractivity contribution is -0.118. The van der Waals surface area contributed by atoms with Gasteiger partial charge in [-0.1, -0.05) is 12.5 Å². The van der Waals surface area contributed by atoms with Crippen LogP contribution < -0.4 is 11.1 Å². The summed E-state index contributed by atoms with van der Waals surface area (Å²) < 4.78 is 32.4. The van der Waals surface area contributed by atoms with Crippen molar-refractivity contribution in [3.63, 3.8) is 0 Å². The molecule has 25 heavy (non-hydrogen) atoms. The van der Waals surface area contributed by atoms with E-state index in [0.717, 1.165) is 19.3 Å². The number of aryl methyl sites for hydroxylation is 1. The number of carbonyl (C=O) groups excluding carboxylic acids is 1. The summed E-state index contributed by atoms with van der Waals surface area (Å²) in [6.07, 6.45) is 2.58. The number of piperidine rings is 1. The standard InChI is InChI=1S/C17H27N3O4S/c1-13-6-7-14(19-17(21)11-15(12-18)24-2)10-16(13)25(22,23)20-8-4-3-5-9-20/h6-7,10,15H,3-5,8-9,11-12,18H2,1-2H3,(H,19,21). The molecule has 0 spiro atoms. The molecular weight excluding hydrogens is 342 g/mol. The fourth-order valence-corrected chi connectivity index (χ4v) is 4.65. The highest BCUT2D eigenvalue weighted by Crippen LogP contribution is 2.26. The van der Waals surface area contributed by atoms with Crippen LogP contribution in [0.2, 0.25) is 0 Å². The van der Waals surface area contributed by atoms with E-state index in [0.29, 0.717) is 24.3 Å². The molecule has 1 heterocycles. The second-order valence-corrected chi connectivity index (χ2v) is 8.20. The van der Waals surface area contributed by atoms with Crippen molar-refractivity contribution >= 4 is 21.6 Å². The van der Waals surface area contributed by atoms with E-state index in [1.165, 1.54) is 17.5 Å². The maximum absolute atomic E-state index is 12.9.